The highest BCUT2D eigenvalue weighted by Gasteiger charge is 2.27. The van der Waals surface area contributed by atoms with Crippen molar-refractivity contribution in [2.75, 3.05) is 12.9 Å². The molecule has 8 heteroatoms. The SMILES string of the molecule is CC(C(=O)N[C@H](CCO)C(=O)O)S(C)(=O)=O. The van der Waals surface area contributed by atoms with Gasteiger partial charge in [-0.2, -0.15) is 0 Å². The van der Waals surface area contributed by atoms with Crippen LogP contribution < -0.4 is 5.32 Å². The molecule has 0 aromatic rings. The summed E-state index contributed by atoms with van der Waals surface area (Å²) in [5.74, 6) is -2.20. The zero-order valence-electron chi connectivity index (χ0n) is 9.00. The van der Waals surface area contributed by atoms with Crippen molar-refractivity contribution in [2.24, 2.45) is 0 Å². The van der Waals surface area contributed by atoms with Gasteiger partial charge in [0.15, 0.2) is 9.84 Å². The molecule has 0 aliphatic heterocycles. The molecule has 16 heavy (non-hydrogen) atoms. The number of carboxylic acid groups (broad SMARTS) is 1. The fourth-order valence-electron chi connectivity index (χ4n) is 0.870. The quantitative estimate of drug-likeness (QED) is 0.522. The van der Waals surface area contributed by atoms with Gasteiger partial charge in [-0.25, -0.2) is 13.2 Å². The van der Waals surface area contributed by atoms with Crippen molar-refractivity contribution in [2.45, 2.75) is 24.6 Å². The summed E-state index contributed by atoms with van der Waals surface area (Å²) in [5.41, 5.74) is 0. The van der Waals surface area contributed by atoms with Crippen molar-refractivity contribution in [3.63, 3.8) is 0 Å². The molecule has 0 heterocycles. The minimum Gasteiger partial charge on any atom is -0.480 e. The van der Waals surface area contributed by atoms with Gasteiger partial charge in [0, 0.05) is 19.3 Å². The van der Waals surface area contributed by atoms with E-state index in [1.54, 1.807) is 0 Å². The predicted molar refractivity (Wildman–Crippen MR) is 55.6 cm³/mol. The van der Waals surface area contributed by atoms with Gasteiger partial charge in [0.05, 0.1) is 0 Å². The Balaban J connectivity index is 4.59. The zero-order chi connectivity index (χ0) is 12.9. The maximum Gasteiger partial charge on any atom is 0.326 e. The lowest BCUT2D eigenvalue weighted by Crippen LogP contribution is -2.47. The second kappa shape index (κ2) is 5.80. The van der Waals surface area contributed by atoms with Gasteiger partial charge in [-0.15, -0.1) is 0 Å². The van der Waals surface area contributed by atoms with Crippen molar-refractivity contribution in [3.8, 4) is 0 Å². The second-order valence-corrected chi connectivity index (χ2v) is 5.75. The Morgan fingerprint density at radius 2 is 1.88 bits per heavy atom. The standard InChI is InChI=1S/C8H15NO6S/c1-5(16(2,14)15)7(11)9-6(3-4-10)8(12)13/h5-6,10H,3-4H2,1-2H3,(H,9,11)(H,12,13)/t5?,6-/m1/s1. The highest BCUT2D eigenvalue weighted by Crippen LogP contribution is 2.00. The minimum atomic E-state index is -3.56. The molecule has 0 spiro atoms. The first-order chi connectivity index (χ1) is 7.20. The van der Waals surface area contributed by atoms with Gasteiger partial charge in [-0.05, 0) is 6.92 Å². The molecule has 1 unspecified atom stereocenters. The van der Waals surface area contributed by atoms with Gasteiger partial charge >= 0.3 is 5.97 Å². The monoisotopic (exact) mass is 253 g/mol. The number of aliphatic carboxylic acids is 1. The average Bonchev–Trinajstić information content (AvgIpc) is 2.14. The summed E-state index contributed by atoms with van der Waals surface area (Å²) in [6.07, 6.45) is 0.719. The normalized spacial score (nSPS) is 15.2. The van der Waals surface area contributed by atoms with Crippen molar-refractivity contribution < 1.29 is 28.2 Å². The van der Waals surface area contributed by atoms with Gasteiger partial charge < -0.3 is 15.5 Å². The number of aliphatic hydroxyl groups is 1. The van der Waals surface area contributed by atoms with Crippen LogP contribution >= 0.6 is 0 Å². The first-order valence-corrected chi connectivity index (χ1v) is 6.48. The van der Waals surface area contributed by atoms with E-state index in [0.717, 1.165) is 6.26 Å². The number of rotatable bonds is 6. The van der Waals surface area contributed by atoms with Gasteiger partial charge in [-0.1, -0.05) is 0 Å². The number of nitrogens with one attached hydrogen (secondary N) is 1. The van der Waals surface area contributed by atoms with Gasteiger partial charge in [0.2, 0.25) is 5.91 Å². The van der Waals surface area contributed by atoms with E-state index in [1.807, 2.05) is 5.32 Å². The summed E-state index contributed by atoms with van der Waals surface area (Å²) in [5, 5.41) is 18.0. The lowest BCUT2D eigenvalue weighted by atomic mass is 10.2. The number of sulfone groups is 1. The highest BCUT2D eigenvalue weighted by molar-refractivity contribution is 7.92. The van der Waals surface area contributed by atoms with Crippen LogP contribution in [0.4, 0.5) is 0 Å². The number of hydrogen-bond acceptors (Lipinski definition) is 5. The number of amides is 1. The highest BCUT2D eigenvalue weighted by atomic mass is 32.2. The summed E-state index contributed by atoms with van der Waals surface area (Å²) in [7, 11) is -3.56. The summed E-state index contributed by atoms with van der Waals surface area (Å²) >= 11 is 0. The fraction of sp³-hybridized carbons (Fsp3) is 0.750. The zero-order valence-corrected chi connectivity index (χ0v) is 9.82. The molecule has 2 atom stereocenters. The van der Waals surface area contributed by atoms with E-state index in [9.17, 15) is 18.0 Å². The molecule has 1 amide bonds. The third-order valence-electron chi connectivity index (χ3n) is 2.04. The van der Waals surface area contributed by atoms with Crippen LogP contribution in [0.5, 0.6) is 0 Å². The van der Waals surface area contributed by atoms with Gasteiger partial charge in [0.1, 0.15) is 11.3 Å². The third kappa shape index (κ3) is 4.58. The topological polar surface area (TPSA) is 121 Å². The van der Waals surface area contributed by atoms with E-state index < -0.39 is 39.6 Å². The van der Waals surface area contributed by atoms with Crippen molar-refractivity contribution >= 4 is 21.7 Å². The molecule has 0 saturated carbocycles. The molecule has 0 aliphatic rings. The smallest absolute Gasteiger partial charge is 0.326 e. The molecule has 0 fully saturated rings. The van der Waals surface area contributed by atoms with Crippen molar-refractivity contribution in [3.05, 3.63) is 0 Å². The lowest BCUT2D eigenvalue weighted by molar-refractivity contribution is -0.142. The summed E-state index contributed by atoms with van der Waals surface area (Å²) in [6.45, 7) is 0.757. The Morgan fingerprint density at radius 1 is 1.38 bits per heavy atom. The Bertz CT molecular complexity index is 363. The molecular formula is C8H15NO6S. The van der Waals surface area contributed by atoms with Crippen molar-refractivity contribution in [1.82, 2.24) is 5.32 Å². The molecule has 0 rings (SSSR count). The number of hydrogen-bond donors (Lipinski definition) is 3. The Hall–Kier alpha value is -1.15. The molecular weight excluding hydrogens is 238 g/mol. The molecule has 0 aromatic carbocycles. The van der Waals surface area contributed by atoms with Crippen LogP contribution in [0.25, 0.3) is 0 Å². The van der Waals surface area contributed by atoms with E-state index in [-0.39, 0.29) is 6.42 Å². The fourth-order valence-corrected chi connectivity index (χ4v) is 1.33. The van der Waals surface area contributed by atoms with Crippen molar-refractivity contribution in [1.29, 1.82) is 0 Å². The van der Waals surface area contributed by atoms with Crippen LogP contribution in [0.15, 0.2) is 0 Å². The molecule has 3 N–H and O–H groups in total. The number of aliphatic hydroxyl groups excluding tert-OH is 1. The van der Waals surface area contributed by atoms with Gasteiger partial charge in [-0.3, -0.25) is 4.79 Å². The Labute approximate surface area is 93.4 Å². The van der Waals surface area contributed by atoms with Crippen LogP contribution in [0.2, 0.25) is 0 Å². The third-order valence-corrected chi connectivity index (χ3v) is 3.54. The molecule has 0 aromatic heterocycles. The van der Waals surface area contributed by atoms with Crippen LogP contribution in [0.3, 0.4) is 0 Å². The molecule has 7 nitrogen and oxygen atoms in total. The molecule has 0 aliphatic carbocycles. The van der Waals surface area contributed by atoms with Crippen LogP contribution in [0.1, 0.15) is 13.3 Å². The number of carbonyl (C=O) groups is 2. The Kier molecular flexibility index (Phi) is 5.39. The molecule has 0 saturated heterocycles. The Morgan fingerprint density at radius 3 is 2.19 bits per heavy atom. The largest absolute Gasteiger partial charge is 0.480 e. The molecule has 94 valence electrons. The van der Waals surface area contributed by atoms with Crippen LogP contribution in [-0.4, -0.2) is 54.7 Å². The van der Waals surface area contributed by atoms with E-state index in [2.05, 4.69) is 0 Å². The van der Waals surface area contributed by atoms with E-state index in [4.69, 9.17) is 10.2 Å². The minimum absolute atomic E-state index is 0.169. The second-order valence-electron chi connectivity index (χ2n) is 3.38. The molecule has 0 bridgehead atoms. The van der Waals surface area contributed by atoms with E-state index in [1.165, 1.54) is 6.92 Å². The summed E-state index contributed by atoms with van der Waals surface area (Å²) in [6, 6.07) is -1.28. The van der Waals surface area contributed by atoms with Crippen LogP contribution in [0, 0.1) is 0 Å². The van der Waals surface area contributed by atoms with Gasteiger partial charge in [0.25, 0.3) is 0 Å². The van der Waals surface area contributed by atoms with Crippen LogP contribution in [-0.2, 0) is 19.4 Å². The maximum absolute atomic E-state index is 11.3. The number of carboxylic acids is 1. The van der Waals surface area contributed by atoms with E-state index in [0.29, 0.717) is 0 Å². The lowest BCUT2D eigenvalue weighted by Gasteiger charge is -2.15. The average molecular weight is 253 g/mol. The first-order valence-electron chi connectivity index (χ1n) is 4.53. The predicted octanol–water partition coefficient (Wildman–Crippen LogP) is -1.63. The van der Waals surface area contributed by atoms with E-state index >= 15 is 0 Å². The summed E-state index contributed by atoms with van der Waals surface area (Å²) < 4.78 is 22.0. The molecule has 0 radical (unpaired) electrons. The maximum atomic E-state index is 11.3. The number of carbonyl (C=O) groups excluding carboxylic acids is 1. The first kappa shape index (κ1) is 14.8. The summed E-state index contributed by atoms with van der Waals surface area (Å²) in [4.78, 5) is 22.0.